The number of amides is 2. The van der Waals surface area contributed by atoms with Gasteiger partial charge in [0.15, 0.2) is 11.4 Å². The molecule has 7 rings (SSSR count). The minimum absolute atomic E-state index is 0.0276. The molecule has 1 aromatic carbocycles. The number of benzene rings is 1. The minimum atomic E-state index is -1.11. The standard InChI is InChI=1S/C38H39Cl2N7O6/c1-38(51)14-24(15-38)42-16-25-20-46-18-22(13-30(52-2)35(46)44-25)34-33(40)27(11-12-41-34)26-5-4-6-28(32(26)39)29-9-7-21(36(45-29)53-3)17-47(37(49)50)19-23-8-10-31(48)43-23/h4-7,9,11-13,18,20,23-24,42,51H,8,10,14-17,19H2,1-3H3,(H,43,48)(H,49,50)/t23-,24?,38?/m0/s1. The molecule has 0 spiro atoms. The van der Waals surface area contributed by atoms with E-state index in [9.17, 15) is 19.8 Å². The molecular weight excluding hydrogens is 721 g/mol. The lowest BCUT2D eigenvalue weighted by molar-refractivity contribution is -0.119. The van der Waals surface area contributed by atoms with Crippen molar-refractivity contribution in [1.82, 2.24) is 34.9 Å². The fourth-order valence-corrected chi connectivity index (χ4v) is 7.73. The van der Waals surface area contributed by atoms with Gasteiger partial charge in [0.05, 0.1) is 53.5 Å². The Kier molecular flexibility index (Phi) is 10.2. The van der Waals surface area contributed by atoms with E-state index in [-0.39, 0.29) is 37.0 Å². The number of rotatable bonds is 12. The zero-order valence-electron chi connectivity index (χ0n) is 29.4. The number of carbonyl (C=O) groups is 2. The van der Waals surface area contributed by atoms with Crippen molar-refractivity contribution in [1.29, 1.82) is 0 Å². The number of halogens is 2. The molecule has 1 aliphatic heterocycles. The van der Waals surface area contributed by atoms with Crippen LogP contribution in [0.5, 0.6) is 11.6 Å². The Morgan fingerprint density at radius 1 is 1.08 bits per heavy atom. The quantitative estimate of drug-likeness (QED) is 0.115. The molecule has 1 aliphatic carbocycles. The molecule has 4 N–H and O–H groups in total. The summed E-state index contributed by atoms with van der Waals surface area (Å²) in [7, 11) is 3.07. The highest BCUT2D eigenvalue weighted by molar-refractivity contribution is 6.39. The molecule has 2 fully saturated rings. The number of pyridine rings is 3. The average Bonchev–Trinajstić information content (AvgIpc) is 3.74. The summed E-state index contributed by atoms with van der Waals surface area (Å²) in [5.41, 5.74) is 5.17. The van der Waals surface area contributed by atoms with E-state index in [1.807, 2.05) is 48.0 Å². The fourth-order valence-electron chi connectivity index (χ4n) is 7.08. The third-order valence-electron chi connectivity index (χ3n) is 9.75. The topological polar surface area (TPSA) is 163 Å². The van der Waals surface area contributed by atoms with Crippen molar-refractivity contribution in [3.05, 3.63) is 82.4 Å². The van der Waals surface area contributed by atoms with Crippen LogP contribution < -0.4 is 20.1 Å². The third kappa shape index (κ3) is 7.61. The minimum Gasteiger partial charge on any atom is -0.493 e. The van der Waals surface area contributed by atoms with Crippen LogP contribution in [-0.2, 0) is 17.9 Å². The van der Waals surface area contributed by atoms with Crippen LogP contribution >= 0.6 is 23.2 Å². The van der Waals surface area contributed by atoms with E-state index in [0.717, 1.165) is 5.69 Å². The Morgan fingerprint density at radius 2 is 1.85 bits per heavy atom. The molecule has 2 aliphatic rings. The smallest absolute Gasteiger partial charge is 0.407 e. The Hall–Kier alpha value is -4.95. The molecule has 1 saturated heterocycles. The summed E-state index contributed by atoms with van der Waals surface area (Å²) in [6, 6.07) is 12.8. The number of fused-ring (bicyclic) bond motifs is 1. The molecule has 5 aromatic rings. The first kappa shape index (κ1) is 36.4. The van der Waals surface area contributed by atoms with Crippen LogP contribution in [0.25, 0.3) is 39.3 Å². The number of carbonyl (C=O) groups excluding carboxylic acids is 1. The van der Waals surface area contributed by atoms with Gasteiger partial charge in [-0.25, -0.2) is 14.8 Å². The average molecular weight is 761 g/mol. The molecule has 15 heteroatoms. The molecule has 4 aromatic heterocycles. The summed E-state index contributed by atoms with van der Waals surface area (Å²) in [5.74, 6) is 0.737. The van der Waals surface area contributed by atoms with Gasteiger partial charge in [0.2, 0.25) is 11.8 Å². The van der Waals surface area contributed by atoms with Gasteiger partial charge >= 0.3 is 6.09 Å². The van der Waals surface area contributed by atoms with E-state index in [1.165, 1.54) is 12.0 Å². The number of carboxylic acid groups (broad SMARTS) is 1. The number of nitrogens with zero attached hydrogens (tertiary/aromatic N) is 5. The molecule has 1 atom stereocenters. The van der Waals surface area contributed by atoms with Gasteiger partial charge in [-0.05, 0) is 50.5 Å². The van der Waals surface area contributed by atoms with Crippen molar-refractivity contribution in [2.75, 3.05) is 20.8 Å². The molecule has 276 valence electrons. The SMILES string of the molecule is COc1nc(-c2cccc(-c3ccnc(-c4cc(OC)c5nc(CNC6CC(C)(O)C6)cn5c4)c3Cl)c2Cl)ccc1CN(C[C@@H]1CCC(=O)N1)C(=O)O. The maximum Gasteiger partial charge on any atom is 0.407 e. The number of imidazole rings is 1. The lowest BCUT2D eigenvalue weighted by Gasteiger charge is -2.41. The molecular formula is C38H39Cl2N7O6. The largest absolute Gasteiger partial charge is 0.493 e. The van der Waals surface area contributed by atoms with Crippen LogP contribution in [0.3, 0.4) is 0 Å². The predicted octanol–water partition coefficient (Wildman–Crippen LogP) is 6.21. The van der Waals surface area contributed by atoms with Gasteiger partial charge in [0, 0.05) is 78.0 Å². The van der Waals surface area contributed by atoms with E-state index in [0.29, 0.717) is 92.9 Å². The van der Waals surface area contributed by atoms with Gasteiger partial charge in [-0.1, -0.05) is 41.4 Å². The molecule has 13 nitrogen and oxygen atoms in total. The number of aliphatic hydroxyl groups is 1. The Labute approximate surface area is 315 Å². The zero-order valence-corrected chi connectivity index (χ0v) is 30.9. The number of hydrogen-bond acceptors (Lipinski definition) is 9. The summed E-state index contributed by atoms with van der Waals surface area (Å²) in [6.07, 6.45) is 6.78. The third-order valence-corrected chi connectivity index (χ3v) is 10.5. The highest BCUT2D eigenvalue weighted by atomic mass is 35.5. The van der Waals surface area contributed by atoms with E-state index in [2.05, 4.69) is 15.6 Å². The van der Waals surface area contributed by atoms with Crippen LogP contribution in [0.2, 0.25) is 10.0 Å². The van der Waals surface area contributed by atoms with Gasteiger partial charge in [-0.3, -0.25) is 9.78 Å². The molecule has 0 bridgehead atoms. The second kappa shape index (κ2) is 14.8. The highest BCUT2D eigenvalue weighted by Crippen LogP contribution is 2.42. The zero-order chi connectivity index (χ0) is 37.4. The summed E-state index contributed by atoms with van der Waals surface area (Å²) >= 11 is 14.2. The summed E-state index contributed by atoms with van der Waals surface area (Å²) in [4.78, 5) is 39.1. The maximum atomic E-state index is 12.1. The summed E-state index contributed by atoms with van der Waals surface area (Å²) in [5, 5.41) is 27.0. The second-order valence-corrected chi connectivity index (χ2v) is 14.5. The van der Waals surface area contributed by atoms with Crippen LogP contribution in [0.1, 0.15) is 43.9 Å². The predicted molar refractivity (Wildman–Crippen MR) is 200 cm³/mol. The Balaban J connectivity index is 1.15. The molecule has 1 saturated carbocycles. The van der Waals surface area contributed by atoms with E-state index in [1.54, 1.807) is 31.5 Å². The van der Waals surface area contributed by atoms with Crippen LogP contribution in [0, 0.1) is 0 Å². The van der Waals surface area contributed by atoms with Crippen molar-refractivity contribution in [3.63, 3.8) is 0 Å². The van der Waals surface area contributed by atoms with Gasteiger partial charge in [-0.2, -0.15) is 0 Å². The van der Waals surface area contributed by atoms with Gasteiger partial charge in [0.1, 0.15) is 0 Å². The number of ether oxygens (including phenoxy) is 2. The van der Waals surface area contributed by atoms with Gasteiger partial charge in [0.25, 0.3) is 0 Å². The first-order valence-electron chi connectivity index (χ1n) is 17.2. The number of nitrogens with one attached hydrogen (secondary N) is 2. The lowest BCUT2D eigenvalue weighted by atomic mass is 9.77. The molecule has 0 unspecified atom stereocenters. The summed E-state index contributed by atoms with van der Waals surface area (Å²) < 4.78 is 13.2. The van der Waals surface area contributed by atoms with Crippen molar-refractivity contribution in [3.8, 4) is 45.3 Å². The number of hydrogen-bond donors (Lipinski definition) is 4. The van der Waals surface area contributed by atoms with Crippen LogP contribution in [0.15, 0.2) is 61.1 Å². The highest BCUT2D eigenvalue weighted by Gasteiger charge is 2.38. The number of aromatic nitrogens is 4. The van der Waals surface area contributed by atoms with Crippen molar-refractivity contribution >= 4 is 40.8 Å². The Morgan fingerprint density at radius 3 is 2.55 bits per heavy atom. The first-order valence-corrected chi connectivity index (χ1v) is 17.9. The van der Waals surface area contributed by atoms with Crippen molar-refractivity contribution in [2.24, 2.45) is 0 Å². The van der Waals surface area contributed by atoms with Gasteiger partial charge < -0.3 is 39.6 Å². The van der Waals surface area contributed by atoms with E-state index >= 15 is 0 Å². The van der Waals surface area contributed by atoms with Crippen LogP contribution in [0.4, 0.5) is 4.79 Å². The molecule has 2 amide bonds. The monoisotopic (exact) mass is 759 g/mol. The fraction of sp³-hybridized carbons (Fsp3) is 0.342. The van der Waals surface area contributed by atoms with Crippen LogP contribution in [-0.4, -0.2) is 84.9 Å². The van der Waals surface area contributed by atoms with E-state index < -0.39 is 11.7 Å². The summed E-state index contributed by atoms with van der Waals surface area (Å²) in [6.45, 7) is 2.58. The van der Waals surface area contributed by atoms with E-state index in [4.69, 9.17) is 42.6 Å². The molecule has 0 radical (unpaired) electrons. The Bertz CT molecular complexity index is 2200. The normalized spacial score (nSPS) is 19.5. The maximum absolute atomic E-state index is 12.1. The second-order valence-electron chi connectivity index (χ2n) is 13.8. The lowest BCUT2D eigenvalue weighted by Crippen LogP contribution is -2.51. The van der Waals surface area contributed by atoms with Gasteiger partial charge in [-0.15, -0.1) is 0 Å². The molecule has 5 heterocycles. The number of methoxy groups -OCH3 is 2. The first-order chi connectivity index (χ1) is 25.4. The van der Waals surface area contributed by atoms with Crippen molar-refractivity contribution in [2.45, 2.75) is 63.4 Å². The molecule has 53 heavy (non-hydrogen) atoms. The van der Waals surface area contributed by atoms with Crippen molar-refractivity contribution < 1.29 is 29.3 Å².